The van der Waals surface area contributed by atoms with E-state index in [1.165, 1.54) is 0 Å². The zero-order valence-electron chi connectivity index (χ0n) is 17.8. The molecule has 1 spiro atoms. The van der Waals surface area contributed by atoms with E-state index < -0.39 is 17.4 Å². The highest BCUT2D eigenvalue weighted by Gasteiger charge is 2.70. The molecule has 1 aromatic rings. The number of amides is 3. The standard InChI is InChI=1S/C23H29N3O3S/c1-12-8-9-15-19(13(12)2)24-22(29)23(15)18-17(16(25-23)10-11-30-3)20(27)26(21(18)28)14-6-4-5-7-14/h8-9,14,16-18,25H,4-7,10-11H2,1-3H3,(H,24,29)/t16-,17+,18+,23+/m0/s1. The Hall–Kier alpha value is -1.86. The first-order chi connectivity index (χ1) is 14.4. The minimum atomic E-state index is -1.15. The monoisotopic (exact) mass is 427 g/mol. The van der Waals surface area contributed by atoms with E-state index in [2.05, 4.69) is 10.6 Å². The Morgan fingerprint density at radius 1 is 1.13 bits per heavy atom. The van der Waals surface area contributed by atoms with E-state index in [1.807, 2.05) is 32.2 Å². The summed E-state index contributed by atoms with van der Waals surface area (Å²) in [5.74, 6) is -0.676. The van der Waals surface area contributed by atoms with Crippen LogP contribution in [0.5, 0.6) is 0 Å². The molecule has 160 valence electrons. The minimum absolute atomic E-state index is 0.00228. The Morgan fingerprint density at radius 2 is 1.87 bits per heavy atom. The maximum absolute atomic E-state index is 13.8. The molecule has 30 heavy (non-hydrogen) atoms. The molecule has 1 aromatic carbocycles. The third kappa shape index (κ3) is 2.51. The van der Waals surface area contributed by atoms with Crippen LogP contribution in [0.25, 0.3) is 0 Å². The largest absolute Gasteiger partial charge is 0.324 e. The second-order valence-electron chi connectivity index (χ2n) is 9.21. The maximum atomic E-state index is 13.8. The van der Waals surface area contributed by atoms with Gasteiger partial charge in [-0.3, -0.25) is 24.6 Å². The van der Waals surface area contributed by atoms with Crippen LogP contribution in [0.4, 0.5) is 5.69 Å². The summed E-state index contributed by atoms with van der Waals surface area (Å²) in [4.78, 5) is 42.4. The highest BCUT2D eigenvalue weighted by molar-refractivity contribution is 7.98. The smallest absolute Gasteiger partial charge is 0.250 e. The third-order valence-electron chi connectivity index (χ3n) is 7.78. The fourth-order valence-electron chi connectivity index (χ4n) is 6.16. The van der Waals surface area contributed by atoms with Crippen molar-refractivity contribution >= 4 is 35.2 Å². The lowest BCUT2D eigenvalue weighted by Crippen LogP contribution is -2.54. The molecule has 2 saturated heterocycles. The number of carbonyl (C=O) groups excluding carboxylic acids is 3. The summed E-state index contributed by atoms with van der Waals surface area (Å²) in [5, 5.41) is 6.59. The predicted molar refractivity (Wildman–Crippen MR) is 117 cm³/mol. The molecule has 0 radical (unpaired) electrons. The normalized spacial score (nSPS) is 33.0. The fraction of sp³-hybridized carbons (Fsp3) is 0.609. The van der Waals surface area contributed by atoms with Crippen molar-refractivity contribution in [1.29, 1.82) is 0 Å². The van der Waals surface area contributed by atoms with Gasteiger partial charge in [0.15, 0.2) is 0 Å². The van der Waals surface area contributed by atoms with Crippen LogP contribution in [0.3, 0.4) is 0 Å². The van der Waals surface area contributed by atoms with Crippen LogP contribution >= 0.6 is 11.8 Å². The average molecular weight is 428 g/mol. The lowest BCUT2D eigenvalue weighted by atomic mass is 9.76. The van der Waals surface area contributed by atoms with E-state index in [9.17, 15) is 14.4 Å². The van der Waals surface area contributed by atoms with Gasteiger partial charge in [0, 0.05) is 23.3 Å². The van der Waals surface area contributed by atoms with Crippen molar-refractivity contribution in [3.63, 3.8) is 0 Å². The lowest BCUT2D eigenvalue weighted by Gasteiger charge is -2.31. The quantitative estimate of drug-likeness (QED) is 0.723. The van der Waals surface area contributed by atoms with E-state index in [4.69, 9.17) is 0 Å². The van der Waals surface area contributed by atoms with Crippen LogP contribution in [0.1, 0.15) is 48.8 Å². The SMILES string of the molecule is CSCC[C@@H]1N[C@@]2(C(=O)Nc3c2ccc(C)c3C)[C@H]2C(=O)N(C3CCCC3)C(=O)[C@H]12. The number of likely N-dealkylation sites (tertiary alicyclic amines) is 1. The van der Waals surface area contributed by atoms with Gasteiger partial charge in [-0.05, 0) is 56.2 Å². The van der Waals surface area contributed by atoms with Crippen LogP contribution in [0.2, 0.25) is 0 Å². The molecule has 2 N–H and O–H groups in total. The fourth-order valence-corrected chi connectivity index (χ4v) is 6.65. The molecule has 3 fully saturated rings. The number of thioether (sulfide) groups is 1. The first-order valence-electron chi connectivity index (χ1n) is 11.0. The molecule has 1 aliphatic carbocycles. The highest BCUT2D eigenvalue weighted by atomic mass is 32.2. The van der Waals surface area contributed by atoms with Gasteiger partial charge in [0.05, 0.1) is 11.8 Å². The molecule has 0 unspecified atom stereocenters. The van der Waals surface area contributed by atoms with E-state index in [0.717, 1.165) is 60.2 Å². The van der Waals surface area contributed by atoms with E-state index in [1.54, 1.807) is 16.7 Å². The number of rotatable bonds is 4. The Kier molecular flexibility index (Phi) is 4.74. The van der Waals surface area contributed by atoms with Crippen molar-refractivity contribution in [3.8, 4) is 0 Å². The second-order valence-corrected chi connectivity index (χ2v) is 10.2. The van der Waals surface area contributed by atoms with E-state index >= 15 is 0 Å². The van der Waals surface area contributed by atoms with Gasteiger partial charge in [0.25, 0.3) is 0 Å². The molecular formula is C23H29N3O3S. The summed E-state index contributed by atoms with van der Waals surface area (Å²) in [6.07, 6.45) is 6.67. The Morgan fingerprint density at radius 3 is 2.57 bits per heavy atom. The Labute approximate surface area is 181 Å². The topological polar surface area (TPSA) is 78.5 Å². The molecule has 6 nitrogen and oxygen atoms in total. The number of benzene rings is 1. The number of fused-ring (bicyclic) bond motifs is 4. The van der Waals surface area contributed by atoms with Gasteiger partial charge in [-0.15, -0.1) is 0 Å². The van der Waals surface area contributed by atoms with E-state index in [-0.39, 0.29) is 29.8 Å². The van der Waals surface area contributed by atoms with Crippen LogP contribution in [0, 0.1) is 25.7 Å². The van der Waals surface area contributed by atoms with Gasteiger partial charge >= 0.3 is 0 Å². The van der Waals surface area contributed by atoms with Gasteiger partial charge in [-0.25, -0.2) is 0 Å². The molecule has 7 heteroatoms. The summed E-state index contributed by atoms with van der Waals surface area (Å²) in [7, 11) is 0. The number of carbonyl (C=O) groups is 3. The average Bonchev–Trinajstić information content (AvgIpc) is 3.46. The van der Waals surface area contributed by atoms with Crippen LogP contribution < -0.4 is 10.6 Å². The Bertz CT molecular complexity index is 942. The van der Waals surface area contributed by atoms with Crippen molar-refractivity contribution in [2.75, 3.05) is 17.3 Å². The van der Waals surface area contributed by atoms with Gasteiger partial charge in [-0.1, -0.05) is 25.0 Å². The summed E-state index contributed by atoms with van der Waals surface area (Å²) >= 11 is 1.72. The molecule has 4 aliphatic rings. The number of anilines is 1. The van der Waals surface area contributed by atoms with Gasteiger partial charge in [0.2, 0.25) is 17.7 Å². The minimum Gasteiger partial charge on any atom is -0.324 e. The highest BCUT2D eigenvalue weighted by Crippen LogP contribution is 2.55. The first-order valence-corrected chi connectivity index (χ1v) is 12.4. The number of aryl methyl sites for hydroxylation is 1. The van der Waals surface area contributed by atoms with Crippen molar-refractivity contribution in [1.82, 2.24) is 10.2 Å². The molecule has 1 saturated carbocycles. The van der Waals surface area contributed by atoms with Gasteiger partial charge < -0.3 is 5.32 Å². The van der Waals surface area contributed by atoms with Crippen LogP contribution in [-0.2, 0) is 19.9 Å². The number of hydrogen-bond acceptors (Lipinski definition) is 5. The number of hydrogen-bond donors (Lipinski definition) is 2. The Balaban J connectivity index is 1.64. The number of imide groups is 1. The summed E-state index contributed by atoms with van der Waals surface area (Å²) in [6.45, 7) is 4.02. The first kappa shape index (κ1) is 20.1. The zero-order valence-corrected chi connectivity index (χ0v) is 18.6. The van der Waals surface area contributed by atoms with Crippen molar-refractivity contribution in [2.45, 2.75) is 63.6 Å². The van der Waals surface area contributed by atoms with Crippen LogP contribution in [0.15, 0.2) is 12.1 Å². The summed E-state index contributed by atoms with van der Waals surface area (Å²) in [6, 6.07) is 3.80. The zero-order chi connectivity index (χ0) is 21.2. The number of nitrogens with one attached hydrogen (secondary N) is 2. The lowest BCUT2D eigenvalue weighted by molar-refractivity contribution is -0.145. The molecule has 3 heterocycles. The third-order valence-corrected chi connectivity index (χ3v) is 8.42. The second kappa shape index (κ2) is 7.09. The molecule has 3 amide bonds. The van der Waals surface area contributed by atoms with Crippen molar-refractivity contribution < 1.29 is 14.4 Å². The van der Waals surface area contributed by atoms with Crippen molar-refractivity contribution in [3.05, 3.63) is 28.8 Å². The molecule has 4 atom stereocenters. The maximum Gasteiger partial charge on any atom is 0.250 e. The summed E-state index contributed by atoms with van der Waals surface area (Å²) in [5.41, 5.74) is 2.60. The van der Waals surface area contributed by atoms with Crippen LogP contribution in [-0.4, -0.2) is 46.7 Å². The van der Waals surface area contributed by atoms with Gasteiger partial charge in [0.1, 0.15) is 5.54 Å². The molecule has 0 aromatic heterocycles. The summed E-state index contributed by atoms with van der Waals surface area (Å²) < 4.78 is 0. The molecular weight excluding hydrogens is 398 g/mol. The van der Waals surface area contributed by atoms with Gasteiger partial charge in [-0.2, -0.15) is 11.8 Å². The molecule has 0 bridgehead atoms. The predicted octanol–water partition coefficient (Wildman–Crippen LogP) is 2.72. The number of nitrogens with zero attached hydrogens (tertiary/aromatic N) is 1. The molecule has 3 aliphatic heterocycles. The molecule has 5 rings (SSSR count). The van der Waals surface area contributed by atoms with E-state index in [0.29, 0.717) is 0 Å². The van der Waals surface area contributed by atoms with Crippen molar-refractivity contribution in [2.24, 2.45) is 11.8 Å².